The minimum Gasteiger partial charge on any atom is -0.480 e. The summed E-state index contributed by atoms with van der Waals surface area (Å²) in [4.78, 5) is 24.2. The SMILES string of the molecule is O=C(O)CN1CCC(c2cc(=O)[nH]o2)CC1Cc1ccc(C(F)(F)F)cc1. The molecule has 2 aromatic rings. The number of carboxylic acid groups (broad SMARTS) is 1. The van der Waals surface area contributed by atoms with Gasteiger partial charge in [0.2, 0.25) is 0 Å². The average molecular weight is 384 g/mol. The van der Waals surface area contributed by atoms with E-state index in [1.165, 1.54) is 18.2 Å². The first-order valence-corrected chi connectivity index (χ1v) is 8.53. The van der Waals surface area contributed by atoms with Gasteiger partial charge in [0.25, 0.3) is 5.56 Å². The highest BCUT2D eigenvalue weighted by atomic mass is 19.4. The third-order valence-electron chi connectivity index (χ3n) is 4.87. The van der Waals surface area contributed by atoms with Gasteiger partial charge in [0.1, 0.15) is 5.76 Å². The van der Waals surface area contributed by atoms with Crippen molar-refractivity contribution in [2.75, 3.05) is 13.1 Å². The lowest BCUT2D eigenvalue weighted by atomic mass is 9.86. The van der Waals surface area contributed by atoms with Gasteiger partial charge in [-0.05, 0) is 43.5 Å². The third kappa shape index (κ3) is 4.79. The summed E-state index contributed by atoms with van der Waals surface area (Å²) in [6.07, 6.45) is -2.79. The summed E-state index contributed by atoms with van der Waals surface area (Å²) in [5, 5.41) is 11.4. The second kappa shape index (κ2) is 7.59. The number of carbonyl (C=O) groups is 1. The van der Waals surface area contributed by atoms with Crippen LogP contribution in [-0.2, 0) is 17.4 Å². The number of aliphatic carboxylic acids is 1. The number of hydrogen-bond donors (Lipinski definition) is 2. The van der Waals surface area contributed by atoms with Crippen LogP contribution in [-0.4, -0.2) is 40.3 Å². The zero-order valence-corrected chi connectivity index (χ0v) is 14.3. The van der Waals surface area contributed by atoms with Crippen LogP contribution in [0.2, 0.25) is 0 Å². The first-order chi connectivity index (χ1) is 12.7. The van der Waals surface area contributed by atoms with Crippen molar-refractivity contribution < 1.29 is 27.6 Å². The maximum Gasteiger partial charge on any atom is 0.416 e. The quantitative estimate of drug-likeness (QED) is 0.828. The van der Waals surface area contributed by atoms with E-state index >= 15 is 0 Å². The van der Waals surface area contributed by atoms with E-state index in [1.807, 2.05) is 0 Å². The van der Waals surface area contributed by atoms with E-state index in [1.54, 1.807) is 4.90 Å². The zero-order chi connectivity index (χ0) is 19.6. The van der Waals surface area contributed by atoms with Crippen molar-refractivity contribution in [2.45, 2.75) is 37.4 Å². The number of aromatic nitrogens is 1. The minimum atomic E-state index is -4.39. The smallest absolute Gasteiger partial charge is 0.416 e. The van der Waals surface area contributed by atoms with E-state index in [-0.39, 0.29) is 24.1 Å². The van der Waals surface area contributed by atoms with Crippen LogP contribution in [0.4, 0.5) is 13.2 Å². The van der Waals surface area contributed by atoms with E-state index < -0.39 is 17.7 Å². The number of carboxylic acids is 1. The lowest BCUT2D eigenvalue weighted by molar-refractivity contribution is -0.139. The van der Waals surface area contributed by atoms with Crippen LogP contribution in [0.25, 0.3) is 0 Å². The van der Waals surface area contributed by atoms with Crippen molar-refractivity contribution in [3.8, 4) is 0 Å². The van der Waals surface area contributed by atoms with Crippen LogP contribution in [0, 0.1) is 0 Å². The van der Waals surface area contributed by atoms with Crippen molar-refractivity contribution in [3.05, 3.63) is 57.6 Å². The molecule has 1 aliphatic heterocycles. The van der Waals surface area contributed by atoms with Crippen LogP contribution >= 0.6 is 0 Å². The molecule has 0 saturated carbocycles. The fourth-order valence-electron chi connectivity index (χ4n) is 3.55. The number of rotatable bonds is 5. The number of aromatic amines is 1. The van der Waals surface area contributed by atoms with Crippen molar-refractivity contribution in [1.82, 2.24) is 10.1 Å². The van der Waals surface area contributed by atoms with Gasteiger partial charge in [0.15, 0.2) is 0 Å². The van der Waals surface area contributed by atoms with Gasteiger partial charge in [-0.2, -0.15) is 18.3 Å². The molecule has 2 atom stereocenters. The molecule has 9 heteroatoms. The Balaban J connectivity index is 1.76. The fraction of sp³-hybridized carbons (Fsp3) is 0.444. The summed E-state index contributed by atoms with van der Waals surface area (Å²) in [6, 6.07) is 6.10. The lowest BCUT2D eigenvalue weighted by Crippen LogP contribution is -2.45. The molecule has 2 N–H and O–H groups in total. The third-order valence-corrected chi connectivity index (χ3v) is 4.87. The maximum absolute atomic E-state index is 12.7. The highest BCUT2D eigenvalue weighted by Gasteiger charge is 2.33. The van der Waals surface area contributed by atoms with E-state index in [9.17, 15) is 22.8 Å². The Bertz CT molecular complexity index is 841. The molecule has 6 nitrogen and oxygen atoms in total. The molecule has 146 valence electrons. The minimum absolute atomic E-state index is 0.0477. The zero-order valence-electron chi connectivity index (χ0n) is 14.3. The normalized spacial score (nSPS) is 21.3. The first-order valence-electron chi connectivity index (χ1n) is 8.53. The average Bonchev–Trinajstić information content (AvgIpc) is 3.02. The molecule has 0 spiro atoms. The number of alkyl halides is 3. The summed E-state index contributed by atoms with van der Waals surface area (Å²) in [6.45, 7) is 0.353. The molecule has 1 aromatic carbocycles. The number of nitrogens with zero attached hydrogens (tertiary/aromatic N) is 1. The van der Waals surface area contributed by atoms with Crippen LogP contribution < -0.4 is 5.56 Å². The highest BCUT2D eigenvalue weighted by Crippen LogP contribution is 2.33. The summed E-state index contributed by atoms with van der Waals surface area (Å²) in [5.74, 6) is -0.486. The van der Waals surface area contributed by atoms with Gasteiger partial charge in [-0.3, -0.25) is 14.5 Å². The van der Waals surface area contributed by atoms with E-state index in [0.29, 0.717) is 37.1 Å². The Kier molecular flexibility index (Phi) is 5.41. The number of piperidine rings is 1. The van der Waals surface area contributed by atoms with Crippen molar-refractivity contribution in [1.29, 1.82) is 0 Å². The standard InChI is InChI=1S/C18H19F3N2O4/c19-18(20,21)13-3-1-11(2-4-13)7-14-8-12(15-9-16(24)22-27-15)5-6-23(14)10-17(25)26/h1-4,9,12,14H,5-8,10H2,(H,22,24)(H,25,26). The van der Waals surface area contributed by atoms with E-state index in [0.717, 1.165) is 12.1 Å². The van der Waals surface area contributed by atoms with Crippen LogP contribution in [0.15, 0.2) is 39.6 Å². The molecular weight excluding hydrogens is 365 g/mol. The van der Waals surface area contributed by atoms with Crippen molar-refractivity contribution in [3.63, 3.8) is 0 Å². The van der Waals surface area contributed by atoms with Crippen LogP contribution in [0.5, 0.6) is 0 Å². The summed E-state index contributed by atoms with van der Waals surface area (Å²) < 4.78 is 43.3. The highest BCUT2D eigenvalue weighted by molar-refractivity contribution is 5.69. The van der Waals surface area contributed by atoms with Gasteiger partial charge in [0, 0.05) is 18.0 Å². The molecule has 0 bridgehead atoms. The molecule has 1 saturated heterocycles. The van der Waals surface area contributed by atoms with Crippen molar-refractivity contribution in [2.24, 2.45) is 0 Å². The second-order valence-corrected chi connectivity index (χ2v) is 6.75. The number of nitrogens with one attached hydrogen (secondary N) is 1. The summed E-state index contributed by atoms with van der Waals surface area (Å²) >= 11 is 0. The van der Waals surface area contributed by atoms with Gasteiger partial charge >= 0.3 is 12.1 Å². The van der Waals surface area contributed by atoms with Gasteiger partial charge in [0.05, 0.1) is 12.1 Å². The Morgan fingerprint density at radius 1 is 1.30 bits per heavy atom. The van der Waals surface area contributed by atoms with Gasteiger partial charge in [-0.25, -0.2) is 0 Å². The Labute approximate surface area is 152 Å². The van der Waals surface area contributed by atoms with Crippen LogP contribution in [0.3, 0.4) is 0 Å². The molecule has 2 heterocycles. The maximum atomic E-state index is 12.7. The largest absolute Gasteiger partial charge is 0.480 e. The van der Waals surface area contributed by atoms with E-state index in [4.69, 9.17) is 9.63 Å². The molecule has 2 unspecified atom stereocenters. The Morgan fingerprint density at radius 3 is 2.56 bits per heavy atom. The number of hydrogen-bond acceptors (Lipinski definition) is 4. The molecule has 3 rings (SSSR count). The molecule has 0 amide bonds. The first kappa shape index (κ1) is 19.2. The van der Waals surface area contributed by atoms with Gasteiger partial charge in [-0.15, -0.1) is 0 Å². The molecule has 27 heavy (non-hydrogen) atoms. The number of benzene rings is 1. The molecule has 0 radical (unpaired) electrons. The Morgan fingerprint density at radius 2 is 2.00 bits per heavy atom. The van der Waals surface area contributed by atoms with E-state index in [2.05, 4.69) is 5.16 Å². The number of likely N-dealkylation sites (tertiary alicyclic amines) is 1. The van der Waals surface area contributed by atoms with Gasteiger partial charge in [-0.1, -0.05) is 12.1 Å². The predicted molar refractivity (Wildman–Crippen MR) is 89.4 cm³/mol. The monoisotopic (exact) mass is 384 g/mol. The molecule has 1 aliphatic rings. The molecule has 1 aromatic heterocycles. The van der Waals surface area contributed by atoms with Crippen molar-refractivity contribution >= 4 is 5.97 Å². The van der Waals surface area contributed by atoms with Gasteiger partial charge < -0.3 is 9.63 Å². The number of halogens is 3. The fourth-order valence-corrected chi connectivity index (χ4v) is 3.55. The summed E-state index contributed by atoms with van der Waals surface area (Å²) in [5.41, 5.74) is -0.360. The molecule has 1 fully saturated rings. The predicted octanol–water partition coefficient (Wildman–Crippen LogP) is 2.86. The number of H-pyrrole nitrogens is 1. The van der Waals surface area contributed by atoms with Crippen LogP contribution in [0.1, 0.15) is 35.6 Å². The molecule has 0 aliphatic carbocycles. The summed E-state index contributed by atoms with van der Waals surface area (Å²) in [7, 11) is 0. The lowest BCUT2D eigenvalue weighted by Gasteiger charge is -2.38. The molecular formula is C18H19F3N2O4. The topological polar surface area (TPSA) is 86.5 Å². The Hall–Kier alpha value is -2.55. The second-order valence-electron chi connectivity index (χ2n) is 6.75.